The molecule has 1 heterocycles. The van der Waals surface area contributed by atoms with Gasteiger partial charge < -0.3 is 15.2 Å². The number of hydrogen-bond donors (Lipinski definition) is 2. The highest BCUT2D eigenvalue weighted by Crippen LogP contribution is 2.06. The Bertz CT molecular complexity index is 157. The van der Waals surface area contributed by atoms with E-state index < -0.39 is 5.97 Å². The standard InChI is InChI=1S/C8H15NO3.ClH/c1-2-6-5-12-7(4-9-6)3-8(10)11;/h6-7,9H,2-5H2,1H3,(H,10,11);1H/t6-,7-;/m1./s1. The third-order valence-electron chi connectivity index (χ3n) is 2.06. The molecule has 0 bridgehead atoms. The Labute approximate surface area is 84.1 Å². The van der Waals surface area contributed by atoms with Crippen LogP contribution in [0.1, 0.15) is 19.8 Å². The van der Waals surface area contributed by atoms with Gasteiger partial charge in [0.1, 0.15) is 0 Å². The van der Waals surface area contributed by atoms with Crippen LogP contribution in [0.5, 0.6) is 0 Å². The maximum absolute atomic E-state index is 10.3. The molecule has 78 valence electrons. The van der Waals surface area contributed by atoms with E-state index in [4.69, 9.17) is 9.84 Å². The Morgan fingerprint density at radius 1 is 1.69 bits per heavy atom. The molecule has 0 amide bonds. The first-order valence-electron chi connectivity index (χ1n) is 4.29. The molecule has 13 heavy (non-hydrogen) atoms. The first-order valence-corrected chi connectivity index (χ1v) is 4.29. The number of ether oxygens (including phenoxy) is 1. The molecule has 5 heteroatoms. The van der Waals surface area contributed by atoms with Gasteiger partial charge in [0.15, 0.2) is 0 Å². The molecule has 1 aliphatic rings. The second-order valence-electron chi connectivity index (χ2n) is 3.07. The van der Waals surface area contributed by atoms with Gasteiger partial charge in [0.2, 0.25) is 0 Å². The summed E-state index contributed by atoms with van der Waals surface area (Å²) in [5, 5.41) is 11.7. The molecule has 0 unspecified atom stereocenters. The van der Waals surface area contributed by atoms with Gasteiger partial charge in [-0.3, -0.25) is 4.79 Å². The fraction of sp³-hybridized carbons (Fsp3) is 0.875. The minimum atomic E-state index is -0.795. The van der Waals surface area contributed by atoms with E-state index in [2.05, 4.69) is 12.2 Å². The third kappa shape index (κ3) is 4.45. The average molecular weight is 210 g/mol. The van der Waals surface area contributed by atoms with Crippen LogP contribution < -0.4 is 5.32 Å². The van der Waals surface area contributed by atoms with Crippen molar-refractivity contribution in [3.05, 3.63) is 0 Å². The molecule has 0 spiro atoms. The van der Waals surface area contributed by atoms with Crippen molar-refractivity contribution in [2.45, 2.75) is 31.9 Å². The highest BCUT2D eigenvalue weighted by molar-refractivity contribution is 5.85. The summed E-state index contributed by atoms with van der Waals surface area (Å²) in [4.78, 5) is 10.3. The maximum atomic E-state index is 10.3. The molecule has 0 saturated carbocycles. The molecule has 0 radical (unpaired) electrons. The van der Waals surface area contributed by atoms with Crippen molar-refractivity contribution in [3.8, 4) is 0 Å². The Kier molecular flexibility index (Phi) is 6.03. The minimum Gasteiger partial charge on any atom is -0.481 e. The number of halogens is 1. The molecule has 4 nitrogen and oxygen atoms in total. The molecule has 0 aromatic carbocycles. The molecule has 1 rings (SSSR count). The predicted octanol–water partition coefficient (Wildman–Crippen LogP) is 0.650. The molecule has 1 aliphatic heterocycles. The second kappa shape index (κ2) is 6.18. The number of nitrogens with one attached hydrogen (secondary N) is 1. The lowest BCUT2D eigenvalue weighted by atomic mass is 10.1. The van der Waals surface area contributed by atoms with Crippen molar-refractivity contribution in [1.82, 2.24) is 5.32 Å². The molecule has 0 aromatic heterocycles. The number of rotatable bonds is 3. The summed E-state index contributed by atoms with van der Waals surface area (Å²) in [5.74, 6) is -0.795. The summed E-state index contributed by atoms with van der Waals surface area (Å²) in [6, 6.07) is 0.398. The normalized spacial score (nSPS) is 27.8. The topological polar surface area (TPSA) is 58.6 Å². The van der Waals surface area contributed by atoms with E-state index in [1.165, 1.54) is 0 Å². The van der Waals surface area contributed by atoms with E-state index in [9.17, 15) is 4.79 Å². The van der Waals surface area contributed by atoms with Crippen molar-refractivity contribution in [3.63, 3.8) is 0 Å². The van der Waals surface area contributed by atoms with Gasteiger partial charge in [0.25, 0.3) is 0 Å². The van der Waals surface area contributed by atoms with E-state index in [1.54, 1.807) is 0 Å². The number of carboxylic acid groups (broad SMARTS) is 1. The minimum absolute atomic E-state index is 0. The van der Waals surface area contributed by atoms with E-state index >= 15 is 0 Å². The van der Waals surface area contributed by atoms with Crippen molar-refractivity contribution in [2.75, 3.05) is 13.2 Å². The molecular formula is C8H16ClNO3. The summed E-state index contributed by atoms with van der Waals surface area (Å²) in [7, 11) is 0. The number of morpholine rings is 1. The molecule has 0 aromatic rings. The molecule has 0 aliphatic carbocycles. The van der Waals surface area contributed by atoms with Gasteiger partial charge >= 0.3 is 5.97 Å². The summed E-state index contributed by atoms with van der Waals surface area (Å²) < 4.78 is 5.35. The largest absolute Gasteiger partial charge is 0.481 e. The maximum Gasteiger partial charge on any atom is 0.306 e. The van der Waals surface area contributed by atoms with Gasteiger partial charge in [-0.2, -0.15) is 0 Å². The first-order chi connectivity index (χ1) is 5.72. The quantitative estimate of drug-likeness (QED) is 0.717. The second-order valence-corrected chi connectivity index (χ2v) is 3.07. The van der Waals surface area contributed by atoms with Crippen LogP contribution in [-0.4, -0.2) is 36.4 Å². The number of carbonyl (C=O) groups is 1. The number of aliphatic carboxylic acids is 1. The van der Waals surface area contributed by atoms with Crippen LogP contribution in [0.3, 0.4) is 0 Å². The van der Waals surface area contributed by atoms with E-state index in [1.807, 2.05) is 0 Å². The first kappa shape index (κ1) is 12.7. The van der Waals surface area contributed by atoms with E-state index in [0.717, 1.165) is 6.42 Å². The highest BCUT2D eigenvalue weighted by Gasteiger charge is 2.21. The van der Waals surface area contributed by atoms with Gasteiger partial charge in [-0.1, -0.05) is 6.92 Å². The lowest BCUT2D eigenvalue weighted by Crippen LogP contribution is -2.46. The Morgan fingerprint density at radius 2 is 2.38 bits per heavy atom. The Morgan fingerprint density at radius 3 is 2.77 bits per heavy atom. The zero-order valence-corrected chi connectivity index (χ0v) is 8.47. The van der Waals surface area contributed by atoms with Crippen molar-refractivity contribution in [2.24, 2.45) is 0 Å². The van der Waals surface area contributed by atoms with Crippen LogP contribution in [0.15, 0.2) is 0 Å². The van der Waals surface area contributed by atoms with Crippen LogP contribution in [0, 0.1) is 0 Å². The van der Waals surface area contributed by atoms with Gasteiger partial charge in [-0.05, 0) is 6.42 Å². The SMILES string of the molecule is CC[C@@H]1CO[C@H](CC(=O)O)CN1.Cl. The Balaban J connectivity index is 0.00000144. The van der Waals surface area contributed by atoms with E-state index in [0.29, 0.717) is 19.2 Å². The zero-order valence-electron chi connectivity index (χ0n) is 7.66. The lowest BCUT2D eigenvalue weighted by Gasteiger charge is -2.28. The Hall–Kier alpha value is -0.320. The van der Waals surface area contributed by atoms with Crippen LogP contribution in [0.4, 0.5) is 0 Å². The van der Waals surface area contributed by atoms with Crippen molar-refractivity contribution >= 4 is 18.4 Å². The summed E-state index contributed by atoms with van der Waals surface area (Å²) in [6.45, 7) is 3.37. The van der Waals surface area contributed by atoms with Crippen molar-refractivity contribution in [1.29, 1.82) is 0 Å². The zero-order chi connectivity index (χ0) is 8.97. The summed E-state index contributed by atoms with van der Waals surface area (Å²) >= 11 is 0. The van der Waals surface area contributed by atoms with Crippen LogP contribution in [0.25, 0.3) is 0 Å². The lowest BCUT2D eigenvalue weighted by molar-refractivity contribution is -0.141. The van der Waals surface area contributed by atoms with E-state index in [-0.39, 0.29) is 24.9 Å². The van der Waals surface area contributed by atoms with Crippen LogP contribution in [0.2, 0.25) is 0 Å². The van der Waals surface area contributed by atoms with Gasteiger partial charge in [-0.25, -0.2) is 0 Å². The smallest absolute Gasteiger partial charge is 0.306 e. The van der Waals surface area contributed by atoms with Gasteiger partial charge in [-0.15, -0.1) is 12.4 Å². The molecule has 2 N–H and O–H groups in total. The summed E-state index contributed by atoms with van der Waals surface area (Å²) in [5.41, 5.74) is 0. The molecular weight excluding hydrogens is 194 g/mol. The molecule has 2 atom stereocenters. The number of carboxylic acids is 1. The van der Waals surface area contributed by atoms with Crippen molar-refractivity contribution < 1.29 is 14.6 Å². The van der Waals surface area contributed by atoms with Crippen LogP contribution >= 0.6 is 12.4 Å². The van der Waals surface area contributed by atoms with Crippen LogP contribution in [-0.2, 0) is 9.53 Å². The van der Waals surface area contributed by atoms with Gasteiger partial charge in [0, 0.05) is 12.6 Å². The third-order valence-corrected chi connectivity index (χ3v) is 2.06. The van der Waals surface area contributed by atoms with Gasteiger partial charge in [0.05, 0.1) is 19.1 Å². The molecule has 1 saturated heterocycles. The number of hydrogen-bond acceptors (Lipinski definition) is 3. The average Bonchev–Trinajstić information content (AvgIpc) is 2.05. The summed E-state index contributed by atoms with van der Waals surface area (Å²) in [6.07, 6.45) is 0.980. The monoisotopic (exact) mass is 209 g/mol. The molecule has 1 fully saturated rings. The predicted molar refractivity (Wildman–Crippen MR) is 51.3 cm³/mol. The fourth-order valence-corrected chi connectivity index (χ4v) is 1.26. The fourth-order valence-electron chi connectivity index (χ4n) is 1.26. The highest BCUT2D eigenvalue weighted by atomic mass is 35.5.